The minimum Gasteiger partial charge on any atom is -0.306 e. The number of nitrogens with zero attached hydrogens (tertiary/aromatic N) is 1. The van der Waals surface area contributed by atoms with Gasteiger partial charge in [-0.2, -0.15) is 0 Å². The zero-order chi connectivity index (χ0) is 14.3. The molecule has 0 aromatic carbocycles. The van der Waals surface area contributed by atoms with E-state index in [2.05, 4.69) is 39.9 Å². The number of nitrogens with one attached hydrogen (secondary N) is 1. The van der Waals surface area contributed by atoms with Crippen LogP contribution in [0.3, 0.4) is 0 Å². The summed E-state index contributed by atoms with van der Waals surface area (Å²) < 4.78 is 0. The lowest BCUT2D eigenvalue weighted by Gasteiger charge is -2.28. The van der Waals surface area contributed by atoms with E-state index in [9.17, 15) is 0 Å². The molecule has 0 bridgehead atoms. The largest absolute Gasteiger partial charge is 0.306 e. The average Bonchev–Trinajstić information content (AvgIpc) is 2.70. The molecule has 1 heterocycles. The first-order valence-electron chi connectivity index (χ1n) is 7.73. The Morgan fingerprint density at radius 3 is 2.32 bits per heavy atom. The molecule has 19 heavy (non-hydrogen) atoms. The van der Waals surface area contributed by atoms with Gasteiger partial charge in [0.05, 0.1) is 11.2 Å². The summed E-state index contributed by atoms with van der Waals surface area (Å²) in [5.74, 6) is 0. The maximum Gasteiger partial charge on any atom is 0.113 e. The fourth-order valence-corrected chi connectivity index (χ4v) is 3.52. The van der Waals surface area contributed by atoms with Crippen LogP contribution in [0, 0.1) is 13.8 Å². The van der Waals surface area contributed by atoms with E-state index < -0.39 is 0 Å². The Kier molecular flexibility index (Phi) is 7.01. The van der Waals surface area contributed by atoms with E-state index in [1.807, 2.05) is 11.3 Å². The molecule has 1 aromatic rings. The zero-order valence-corrected chi connectivity index (χ0v) is 14.1. The second kappa shape index (κ2) is 8.01. The predicted octanol–water partition coefficient (Wildman–Crippen LogP) is 4.95. The van der Waals surface area contributed by atoms with Crippen LogP contribution in [0.15, 0.2) is 0 Å². The first kappa shape index (κ1) is 16.6. The highest BCUT2D eigenvalue weighted by molar-refractivity contribution is 7.11. The van der Waals surface area contributed by atoms with Crippen LogP contribution in [0.1, 0.15) is 74.9 Å². The zero-order valence-electron chi connectivity index (χ0n) is 13.3. The van der Waals surface area contributed by atoms with Crippen molar-refractivity contribution < 1.29 is 0 Å². The molecular weight excluding hydrogens is 252 g/mol. The van der Waals surface area contributed by atoms with Gasteiger partial charge < -0.3 is 5.32 Å². The molecule has 110 valence electrons. The molecule has 0 aliphatic heterocycles. The summed E-state index contributed by atoms with van der Waals surface area (Å²) in [5.41, 5.74) is 1.25. The van der Waals surface area contributed by atoms with Gasteiger partial charge in [0.15, 0.2) is 0 Å². The number of thiazole rings is 1. The fraction of sp³-hybridized carbons (Fsp3) is 0.812. The van der Waals surface area contributed by atoms with Gasteiger partial charge in [0.25, 0.3) is 0 Å². The average molecular weight is 282 g/mol. The van der Waals surface area contributed by atoms with Gasteiger partial charge >= 0.3 is 0 Å². The predicted molar refractivity (Wildman–Crippen MR) is 86.0 cm³/mol. The molecule has 0 amide bonds. The van der Waals surface area contributed by atoms with E-state index in [0.29, 0.717) is 0 Å². The van der Waals surface area contributed by atoms with Crippen LogP contribution in [0.2, 0.25) is 0 Å². The summed E-state index contributed by atoms with van der Waals surface area (Å²) in [4.78, 5) is 6.12. The third-order valence-electron chi connectivity index (χ3n) is 3.85. The van der Waals surface area contributed by atoms with Gasteiger partial charge in [0.2, 0.25) is 0 Å². The molecular formula is C16H30N2S. The molecule has 0 radical (unpaired) electrons. The van der Waals surface area contributed by atoms with Crippen LogP contribution in [-0.4, -0.2) is 11.5 Å². The van der Waals surface area contributed by atoms with Crippen molar-refractivity contribution in [3.05, 3.63) is 15.6 Å². The Morgan fingerprint density at radius 1 is 1.11 bits per heavy atom. The third kappa shape index (κ3) is 4.88. The summed E-state index contributed by atoms with van der Waals surface area (Å²) in [5, 5.41) is 4.92. The molecule has 0 fully saturated rings. The molecule has 1 aromatic heterocycles. The monoisotopic (exact) mass is 282 g/mol. The highest BCUT2D eigenvalue weighted by Crippen LogP contribution is 2.32. The normalized spacial score (nSPS) is 14.6. The Morgan fingerprint density at radius 2 is 1.79 bits per heavy atom. The Balaban J connectivity index is 2.62. The van der Waals surface area contributed by atoms with Gasteiger partial charge in [-0.25, -0.2) is 4.98 Å². The summed E-state index contributed by atoms with van der Waals surface area (Å²) in [6.45, 7) is 12.1. The van der Waals surface area contributed by atoms with Gasteiger partial charge in [-0.1, -0.05) is 46.0 Å². The van der Waals surface area contributed by atoms with Gasteiger partial charge in [-0.05, 0) is 33.7 Å². The van der Waals surface area contributed by atoms with Gasteiger partial charge in [0, 0.05) is 4.88 Å². The fourth-order valence-electron chi connectivity index (χ4n) is 2.45. The molecule has 1 rings (SSSR count). The van der Waals surface area contributed by atoms with Crippen LogP contribution in [-0.2, 0) is 5.54 Å². The van der Waals surface area contributed by atoms with E-state index in [0.717, 1.165) is 6.54 Å². The van der Waals surface area contributed by atoms with E-state index in [1.165, 1.54) is 54.1 Å². The molecule has 1 N–H and O–H groups in total. The maximum atomic E-state index is 4.77. The topological polar surface area (TPSA) is 24.9 Å². The van der Waals surface area contributed by atoms with Gasteiger partial charge in [0.1, 0.15) is 5.01 Å². The summed E-state index contributed by atoms with van der Waals surface area (Å²) in [6.07, 6.45) is 7.88. The number of aryl methyl sites for hydroxylation is 2. The number of hydrogen-bond acceptors (Lipinski definition) is 3. The lowest BCUT2D eigenvalue weighted by Crippen LogP contribution is -2.39. The third-order valence-corrected chi connectivity index (χ3v) is 5.18. The highest BCUT2D eigenvalue weighted by atomic mass is 32.1. The van der Waals surface area contributed by atoms with Crippen LogP contribution in [0.25, 0.3) is 0 Å². The van der Waals surface area contributed by atoms with Crippen LogP contribution in [0.4, 0.5) is 0 Å². The minimum absolute atomic E-state index is 0.0602. The molecule has 0 aliphatic rings. The van der Waals surface area contributed by atoms with Crippen molar-refractivity contribution in [3.63, 3.8) is 0 Å². The van der Waals surface area contributed by atoms with Gasteiger partial charge in [-0.3, -0.25) is 0 Å². The van der Waals surface area contributed by atoms with Crippen molar-refractivity contribution in [2.45, 2.75) is 78.7 Å². The van der Waals surface area contributed by atoms with Crippen LogP contribution >= 0.6 is 11.3 Å². The molecule has 0 saturated carbocycles. The Labute approximate surface area is 123 Å². The number of aromatic nitrogens is 1. The van der Waals surface area contributed by atoms with E-state index in [-0.39, 0.29) is 5.54 Å². The first-order chi connectivity index (χ1) is 9.03. The molecule has 0 spiro atoms. The van der Waals surface area contributed by atoms with Crippen molar-refractivity contribution in [2.24, 2.45) is 0 Å². The summed E-state index contributed by atoms with van der Waals surface area (Å²) in [6, 6.07) is 0. The summed E-state index contributed by atoms with van der Waals surface area (Å²) >= 11 is 1.86. The second-order valence-electron chi connectivity index (χ2n) is 5.69. The van der Waals surface area contributed by atoms with E-state index >= 15 is 0 Å². The van der Waals surface area contributed by atoms with Gasteiger partial charge in [-0.15, -0.1) is 11.3 Å². The standard InChI is InChI=1S/C16H30N2S/c1-6-8-9-10-11-12-16(5,17-7-2)15-18-13(3)14(4)19-15/h17H,6-12H2,1-5H3. The molecule has 3 heteroatoms. The minimum atomic E-state index is 0.0602. The van der Waals surface area contributed by atoms with E-state index in [4.69, 9.17) is 4.98 Å². The molecule has 2 nitrogen and oxygen atoms in total. The van der Waals surface area contributed by atoms with Crippen molar-refractivity contribution >= 4 is 11.3 Å². The van der Waals surface area contributed by atoms with Crippen LogP contribution < -0.4 is 5.32 Å². The smallest absolute Gasteiger partial charge is 0.113 e. The second-order valence-corrected chi connectivity index (χ2v) is 6.89. The van der Waals surface area contributed by atoms with Crippen molar-refractivity contribution in [1.29, 1.82) is 0 Å². The molecule has 1 unspecified atom stereocenters. The number of unbranched alkanes of at least 4 members (excludes halogenated alkanes) is 4. The van der Waals surface area contributed by atoms with Crippen molar-refractivity contribution in [1.82, 2.24) is 10.3 Å². The molecule has 0 saturated heterocycles. The van der Waals surface area contributed by atoms with Crippen molar-refractivity contribution in [3.8, 4) is 0 Å². The quantitative estimate of drug-likeness (QED) is 0.649. The Hall–Kier alpha value is -0.410. The molecule has 1 atom stereocenters. The molecule has 0 aliphatic carbocycles. The van der Waals surface area contributed by atoms with Crippen molar-refractivity contribution in [2.75, 3.05) is 6.54 Å². The summed E-state index contributed by atoms with van der Waals surface area (Å²) in [7, 11) is 0. The number of rotatable bonds is 9. The highest BCUT2D eigenvalue weighted by Gasteiger charge is 2.28. The van der Waals surface area contributed by atoms with E-state index in [1.54, 1.807) is 0 Å². The number of hydrogen-bond donors (Lipinski definition) is 1. The maximum absolute atomic E-state index is 4.77. The lowest BCUT2D eigenvalue weighted by atomic mass is 9.94. The first-order valence-corrected chi connectivity index (χ1v) is 8.54. The Bertz CT molecular complexity index is 353. The SMILES string of the molecule is CCCCCCCC(C)(NCC)c1nc(C)c(C)s1. The lowest BCUT2D eigenvalue weighted by molar-refractivity contribution is 0.331. The van der Waals surface area contributed by atoms with Crippen LogP contribution in [0.5, 0.6) is 0 Å².